The number of likely N-dealkylation sites (tertiary alicyclic amines) is 1. The first-order chi connectivity index (χ1) is 13.7. The van der Waals surface area contributed by atoms with Gasteiger partial charge in [-0.2, -0.15) is 0 Å². The summed E-state index contributed by atoms with van der Waals surface area (Å²) < 4.78 is 3.78. The SMILES string of the molecule is Cn1cc(CN2CCCC2c2nc3ccccc3c(=O)n2C2CCCC2)nn1. The number of aromatic nitrogens is 5. The zero-order valence-electron chi connectivity index (χ0n) is 16.3. The molecule has 146 valence electrons. The van der Waals surface area contributed by atoms with E-state index in [0.717, 1.165) is 61.2 Å². The number of benzene rings is 1. The van der Waals surface area contributed by atoms with E-state index in [4.69, 9.17) is 4.98 Å². The second-order valence-electron chi connectivity index (χ2n) is 8.11. The molecule has 0 amide bonds. The summed E-state index contributed by atoms with van der Waals surface area (Å²) >= 11 is 0. The van der Waals surface area contributed by atoms with Gasteiger partial charge in [0.05, 0.1) is 22.6 Å². The summed E-state index contributed by atoms with van der Waals surface area (Å²) in [6.45, 7) is 1.74. The van der Waals surface area contributed by atoms with E-state index < -0.39 is 0 Å². The second kappa shape index (κ2) is 7.13. The van der Waals surface area contributed by atoms with Gasteiger partial charge in [0.15, 0.2) is 0 Å². The van der Waals surface area contributed by atoms with Gasteiger partial charge in [-0.25, -0.2) is 4.98 Å². The lowest BCUT2D eigenvalue weighted by molar-refractivity contribution is 0.226. The van der Waals surface area contributed by atoms with Crippen molar-refractivity contribution in [3.05, 3.63) is 52.3 Å². The average molecular weight is 378 g/mol. The predicted octanol–water partition coefficient (Wildman–Crippen LogP) is 2.98. The number of nitrogens with zero attached hydrogens (tertiary/aromatic N) is 6. The highest BCUT2D eigenvalue weighted by Gasteiger charge is 2.33. The lowest BCUT2D eigenvalue weighted by atomic mass is 10.1. The molecule has 7 heteroatoms. The molecule has 2 fully saturated rings. The lowest BCUT2D eigenvalue weighted by Gasteiger charge is -2.28. The van der Waals surface area contributed by atoms with Crippen molar-refractivity contribution < 1.29 is 0 Å². The van der Waals surface area contributed by atoms with Crippen molar-refractivity contribution in [1.82, 2.24) is 29.4 Å². The first kappa shape index (κ1) is 17.6. The smallest absolute Gasteiger partial charge is 0.261 e. The quantitative estimate of drug-likeness (QED) is 0.698. The normalized spacial score (nSPS) is 21.1. The molecule has 0 N–H and O–H groups in total. The molecule has 3 heterocycles. The summed E-state index contributed by atoms with van der Waals surface area (Å²) in [6.07, 6.45) is 8.63. The van der Waals surface area contributed by atoms with E-state index >= 15 is 0 Å². The van der Waals surface area contributed by atoms with Gasteiger partial charge in [-0.3, -0.25) is 18.9 Å². The number of aryl methyl sites for hydroxylation is 1. The highest BCUT2D eigenvalue weighted by atomic mass is 16.1. The second-order valence-corrected chi connectivity index (χ2v) is 8.11. The maximum absolute atomic E-state index is 13.4. The Morgan fingerprint density at radius 3 is 2.71 bits per heavy atom. The van der Waals surface area contributed by atoms with E-state index in [1.165, 1.54) is 12.8 Å². The van der Waals surface area contributed by atoms with E-state index in [2.05, 4.69) is 15.2 Å². The minimum atomic E-state index is 0.124. The summed E-state index contributed by atoms with van der Waals surface area (Å²) in [5.41, 5.74) is 1.90. The van der Waals surface area contributed by atoms with Gasteiger partial charge >= 0.3 is 0 Å². The molecule has 0 bridgehead atoms. The Labute approximate surface area is 164 Å². The molecule has 0 spiro atoms. The third-order valence-corrected chi connectivity index (χ3v) is 6.20. The maximum Gasteiger partial charge on any atom is 0.261 e. The van der Waals surface area contributed by atoms with Crippen LogP contribution in [0.25, 0.3) is 10.9 Å². The van der Waals surface area contributed by atoms with Gasteiger partial charge in [0.25, 0.3) is 5.56 Å². The van der Waals surface area contributed by atoms with E-state index in [9.17, 15) is 4.79 Å². The Balaban J connectivity index is 1.60. The van der Waals surface area contributed by atoms with Gasteiger partial charge in [0.2, 0.25) is 0 Å². The topological polar surface area (TPSA) is 68.8 Å². The van der Waals surface area contributed by atoms with Crippen LogP contribution in [0.2, 0.25) is 0 Å². The van der Waals surface area contributed by atoms with Crippen LogP contribution < -0.4 is 5.56 Å². The van der Waals surface area contributed by atoms with Crippen molar-refractivity contribution in [2.45, 2.75) is 57.2 Å². The maximum atomic E-state index is 13.4. The van der Waals surface area contributed by atoms with Gasteiger partial charge in [-0.1, -0.05) is 30.2 Å². The molecule has 1 aromatic carbocycles. The van der Waals surface area contributed by atoms with Crippen LogP contribution in [0.4, 0.5) is 0 Å². The molecule has 1 saturated carbocycles. The highest BCUT2D eigenvalue weighted by molar-refractivity contribution is 5.77. The molecule has 1 aliphatic carbocycles. The molecule has 1 atom stereocenters. The Morgan fingerprint density at radius 1 is 1.11 bits per heavy atom. The summed E-state index contributed by atoms with van der Waals surface area (Å²) in [6, 6.07) is 8.19. The summed E-state index contributed by atoms with van der Waals surface area (Å²) in [7, 11) is 1.89. The fourth-order valence-corrected chi connectivity index (χ4v) is 4.90. The standard InChI is InChI=1S/C21H26N6O/c1-25-13-15(23-24-25)14-26-12-6-11-19(26)20-22-18-10-5-4-9-17(18)21(28)27(20)16-7-2-3-8-16/h4-5,9-10,13,16,19H,2-3,6-8,11-12,14H2,1H3. The molecule has 3 aromatic rings. The van der Waals surface area contributed by atoms with Crippen molar-refractivity contribution in [2.24, 2.45) is 7.05 Å². The van der Waals surface area contributed by atoms with Crippen molar-refractivity contribution in [3.8, 4) is 0 Å². The zero-order valence-corrected chi connectivity index (χ0v) is 16.3. The molecule has 0 radical (unpaired) electrons. The molecule has 5 rings (SSSR count). The van der Waals surface area contributed by atoms with Gasteiger partial charge < -0.3 is 0 Å². The van der Waals surface area contributed by atoms with Crippen molar-refractivity contribution in [2.75, 3.05) is 6.54 Å². The summed E-state index contributed by atoms with van der Waals surface area (Å²) in [5.74, 6) is 0.942. The van der Waals surface area contributed by atoms with Crippen LogP contribution in [0.5, 0.6) is 0 Å². The van der Waals surface area contributed by atoms with Crippen LogP contribution in [-0.2, 0) is 13.6 Å². The van der Waals surface area contributed by atoms with Crippen molar-refractivity contribution >= 4 is 10.9 Å². The van der Waals surface area contributed by atoms with Crippen molar-refractivity contribution in [1.29, 1.82) is 0 Å². The average Bonchev–Trinajstić information content (AvgIpc) is 3.45. The lowest BCUT2D eigenvalue weighted by Crippen LogP contribution is -2.33. The molecule has 2 aliphatic rings. The van der Waals surface area contributed by atoms with Crippen LogP contribution >= 0.6 is 0 Å². The molecule has 1 saturated heterocycles. The Morgan fingerprint density at radius 2 is 1.93 bits per heavy atom. The number of hydrogen-bond donors (Lipinski definition) is 0. The minimum Gasteiger partial charge on any atom is -0.292 e. The molecular formula is C21H26N6O. The fourth-order valence-electron chi connectivity index (χ4n) is 4.90. The van der Waals surface area contributed by atoms with E-state index in [0.29, 0.717) is 0 Å². The first-order valence-corrected chi connectivity index (χ1v) is 10.3. The van der Waals surface area contributed by atoms with Gasteiger partial charge in [-0.15, -0.1) is 5.10 Å². The Kier molecular flexibility index (Phi) is 4.47. The van der Waals surface area contributed by atoms with Crippen LogP contribution in [0.3, 0.4) is 0 Å². The van der Waals surface area contributed by atoms with Crippen LogP contribution in [0.1, 0.15) is 62.1 Å². The van der Waals surface area contributed by atoms with Crippen LogP contribution in [-0.4, -0.2) is 36.0 Å². The Bertz CT molecular complexity index is 1050. The first-order valence-electron chi connectivity index (χ1n) is 10.3. The van der Waals surface area contributed by atoms with E-state index in [1.54, 1.807) is 4.68 Å². The van der Waals surface area contributed by atoms with E-state index in [1.807, 2.05) is 42.1 Å². The predicted molar refractivity (Wildman–Crippen MR) is 107 cm³/mol. The molecular weight excluding hydrogens is 352 g/mol. The third-order valence-electron chi connectivity index (χ3n) is 6.20. The third kappa shape index (κ3) is 3.03. The molecule has 1 aliphatic heterocycles. The fraction of sp³-hybridized carbons (Fsp3) is 0.524. The van der Waals surface area contributed by atoms with Crippen LogP contribution in [0, 0.1) is 0 Å². The molecule has 28 heavy (non-hydrogen) atoms. The monoisotopic (exact) mass is 378 g/mol. The largest absolute Gasteiger partial charge is 0.292 e. The number of fused-ring (bicyclic) bond motifs is 1. The number of hydrogen-bond acceptors (Lipinski definition) is 5. The summed E-state index contributed by atoms with van der Waals surface area (Å²) in [5, 5.41) is 9.05. The number of rotatable bonds is 4. The van der Waals surface area contributed by atoms with Gasteiger partial charge in [0, 0.05) is 25.8 Å². The van der Waals surface area contributed by atoms with Crippen LogP contribution in [0.15, 0.2) is 35.3 Å². The van der Waals surface area contributed by atoms with Gasteiger partial charge in [-0.05, 0) is 44.4 Å². The molecule has 7 nitrogen and oxygen atoms in total. The minimum absolute atomic E-state index is 0.124. The van der Waals surface area contributed by atoms with Crippen molar-refractivity contribution in [3.63, 3.8) is 0 Å². The van der Waals surface area contributed by atoms with E-state index in [-0.39, 0.29) is 17.6 Å². The Hall–Kier alpha value is -2.54. The zero-order chi connectivity index (χ0) is 19.1. The van der Waals surface area contributed by atoms with Gasteiger partial charge in [0.1, 0.15) is 5.82 Å². The number of para-hydroxylation sites is 1. The summed E-state index contributed by atoms with van der Waals surface area (Å²) in [4.78, 5) is 20.9. The molecule has 2 aromatic heterocycles. The highest BCUT2D eigenvalue weighted by Crippen LogP contribution is 2.36. The molecule has 1 unspecified atom stereocenters.